The Morgan fingerprint density at radius 3 is 2.88 bits per heavy atom. The number of hydrogen-bond donors (Lipinski definition) is 1. The van der Waals surface area contributed by atoms with E-state index in [0.717, 1.165) is 18.5 Å². The van der Waals surface area contributed by atoms with E-state index in [0.29, 0.717) is 18.8 Å². The number of ether oxygens (including phenoxy) is 1. The SMILES string of the molecule is CCc1c(CC(=O)O)nnn1CCCOC. The average Bonchev–Trinajstić information content (AvgIpc) is 2.60. The van der Waals surface area contributed by atoms with Crippen molar-refractivity contribution >= 4 is 5.97 Å². The number of carboxylic acids is 1. The maximum Gasteiger partial charge on any atom is 0.309 e. The van der Waals surface area contributed by atoms with Gasteiger partial charge in [-0.1, -0.05) is 12.1 Å². The van der Waals surface area contributed by atoms with Gasteiger partial charge in [-0.05, 0) is 12.8 Å². The number of hydrogen-bond acceptors (Lipinski definition) is 4. The van der Waals surface area contributed by atoms with Crippen molar-refractivity contribution in [2.75, 3.05) is 13.7 Å². The lowest BCUT2D eigenvalue weighted by atomic mass is 10.2. The Kier molecular flexibility index (Phi) is 4.91. The Hall–Kier alpha value is -1.43. The molecular weight excluding hydrogens is 210 g/mol. The number of carbonyl (C=O) groups is 1. The predicted molar refractivity (Wildman–Crippen MR) is 57.2 cm³/mol. The molecule has 1 aromatic rings. The molecule has 0 amide bonds. The van der Waals surface area contributed by atoms with Crippen LogP contribution in [0.5, 0.6) is 0 Å². The van der Waals surface area contributed by atoms with Gasteiger partial charge >= 0.3 is 5.97 Å². The summed E-state index contributed by atoms with van der Waals surface area (Å²) >= 11 is 0. The Balaban J connectivity index is 2.69. The topological polar surface area (TPSA) is 77.2 Å². The molecule has 0 atom stereocenters. The molecule has 0 aliphatic heterocycles. The van der Waals surface area contributed by atoms with E-state index in [1.54, 1.807) is 11.8 Å². The minimum atomic E-state index is -0.876. The third-order valence-electron chi connectivity index (χ3n) is 2.29. The zero-order chi connectivity index (χ0) is 12.0. The fraction of sp³-hybridized carbons (Fsp3) is 0.700. The van der Waals surface area contributed by atoms with Gasteiger partial charge in [0.2, 0.25) is 0 Å². The van der Waals surface area contributed by atoms with Crippen LogP contribution in [0.1, 0.15) is 24.7 Å². The molecular formula is C10H17N3O3. The summed E-state index contributed by atoms with van der Waals surface area (Å²) in [4.78, 5) is 10.6. The quantitative estimate of drug-likeness (QED) is 0.686. The van der Waals surface area contributed by atoms with Gasteiger partial charge in [0.05, 0.1) is 17.8 Å². The number of nitrogens with zero attached hydrogens (tertiary/aromatic N) is 3. The number of aliphatic carboxylic acids is 1. The molecule has 0 saturated carbocycles. The third-order valence-corrected chi connectivity index (χ3v) is 2.29. The smallest absolute Gasteiger partial charge is 0.309 e. The zero-order valence-electron chi connectivity index (χ0n) is 9.64. The zero-order valence-corrected chi connectivity index (χ0v) is 9.64. The molecule has 90 valence electrons. The predicted octanol–water partition coefficient (Wildman–Crippen LogP) is 0.504. The second kappa shape index (κ2) is 6.22. The van der Waals surface area contributed by atoms with Crippen molar-refractivity contribution in [1.82, 2.24) is 15.0 Å². The van der Waals surface area contributed by atoms with E-state index in [4.69, 9.17) is 9.84 Å². The van der Waals surface area contributed by atoms with E-state index in [-0.39, 0.29) is 6.42 Å². The van der Waals surface area contributed by atoms with Crippen molar-refractivity contribution in [2.45, 2.75) is 32.7 Å². The van der Waals surface area contributed by atoms with Crippen LogP contribution in [0.15, 0.2) is 0 Å². The van der Waals surface area contributed by atoms with E-state index < -0.39 is 5.97 Å². The molecule has 0 fully saturated rings. The van der Waals surface area contributed by atoms with Crippen LogP contribution in [-0.4, -0.2) is 39.8 Å². The number of carboxylic acid groups (broad SMARTS) is 1. The van der Waals surface area contributed by atoms with Gasteiger partial charge in [0, 0.05) is 20.3 Å². The van der Waals surface area contributed by atoms with Crippen molar-refractivity contribution in [2.24, 2.45) is 0 Å². The van der Waals surface area contributed by atoms with Crippen molar-refractivity contribution < 1.29 is 14.6 Å². The van der Waals surface area contributed by atoms with Crippen molar-refractivity contribution in [3.8, 4) is 0 Å². The molecule has 16 heavy (non-hydrogen) atoms. The fourth-order valence-corrected chi connectivity index (χ4v) is 1.57. The number of aryl methyl sites for hydroxylation is 1. The lowest BCUT2D eigenvalue weighted by Gasteiger charge is -2.04. The van der Waals surface area contributed by atoms with E-state index in [2.05, 4.69) is 10.3 Å². The molecule has 6 nitrogen and oxygen atoms in total. The highest BCUT2D eigenvalue weighted by Crippen LogP contribution is 2.08. The molecule has 0 aliphatic carbocycles. The maximum atomic E-state index is 10.6. The van der Waals surface area contributed by atoms with Gasteiger partial charge in [-0.3, -0.25) is 4.79 Å². The first kappa shape index (κ1) is 12.6. The van der Waals surface area contributed by atoms with Crippen LogP contribution in [0.2, 0.25) is 0 Å². The molecule has 0 aliphatic rings. The normalized spacial score (nSPS) is 10.6. The molecule has 6 heteroatoms. The lowest BCUT2D eigenvalue weighted by molar-refractivity contribution is -0.136. The van der Waals surface area contributed by atoms with Gasteiger partial charge in [-0.2, -0.15) is 0 Å². The summed E-state index contributed by atoms with van der Waals surface area (Å²) in [5.74, 6) is -0.876. The van der Waals surface area contributed by atoms with Gasteiger partial charge in [-0.25, -0.2) is 4.68 Å². The minimum Gasteiger partial charge on any atom is -0.481 e. The van der Waals surface area contributed by atoms with E-state index >= 15 is 0 Å². The molecule has 1 N–H and O–H groups in total. The fourth-order valence-electron chi connectivity index (χ4n) is 1.57. The van der Waals surface area contributed by atoms with Crippen molar-refractivity contribution in [3.63, 3.8) is 0 Å². The van der Waals surface area contributed by atoms with Crippen LogP contribution in [0.3, 0.4) is 0 Å². The lowest BCUT2D eigenvalue weighted by Crippen LogP contribution is -2.09. The Morgan fingerprint density at radius 2 is 2.31 bits per heavy atom. The van der Waals surface area contributed by atoms with Crippen LogP contribution in [0.25, 0.3) is 0 Å². The Morgan fingerprint density at radius 1 is 1.56 bits per heavy atom. The molecule has 0 radical (unpaired) electrons. The van der Waals surface area contributed by atoms with Gasteiger partial charge in [0.15, 0.2) is 0 Å². The van der Waals surface area contributed by atoms with E-state index in [1.807, 2.05) is 6.92 Å². The summed E-state index contributed by atoms with van der Waals surface area (Å²) in [6.45, 7) is 3.35. The van der Waals surface area contributed by atoms with E-state index in [9.17, 15) is 4.79 Å². The van der Waals surface area contributed by atoms with Crippen LogP contribution in [-0.2, 0) is 28.9 Å². The first-order chi connectivity index (χ1) is 7.69. The molecule has 1 aromatic heterocycles. The summed E-state index contributed by atoms with van der Waals surface area (Å²) in [6, 6.07) is 0. The summed E-state index contributed by atoms with van der Waals surface area (Å²) in [5, 5.41) is 16.6. The van der Waals surface area contributed by atoms with Crippen molar-refractivity contribution in [1.29, 1.82) is 0 Å². The third kappa shape index (κ3) is 3.30. The molecule has 0 bridgehead atoms. The van der Waals surface area contributed by atoms with Gasteiger partial charge in [0.25, 0.3) is 0 Å². The van der Waals surface area contributed by atoms with Gasteiger partial charge < -0.3 is 9.84 Å². The van der Waals surface area contributed by atoms with Gasteiger partial charge in [-0.15, -0.1) is 5.10 Å². The average molecular weight is 227 g/mol. The Bertz CT molecular complexity index is 349. The monoisotopic (exact) mass is 227 g/mol. The molecule has 0 spiro atoms. The summed E-state index contributed by atoms with van der Waals surface area (Å²) in [7, 11) is 1.65. The first-order valence-corrected chi connectivity index (χ1v) is 5.31. The standard InChI is InChI=1S/C10H17N3O3/c1-3-9-8(7-10(14)15)11-12-13(9)5-4-6-16-2/h3-7H2,1-2H3,(H,14,15). The summed E-state index contributed by atoms with van der Waals surface area (Å²) in [6.07, 6.45) is 1.52. The highest BCUT2D eigenvalue weighted by molar-refractivity contribution is 5.69. The number of methoxy groups -OCH3 is 1. The molecule has 1 heterocycles. The van der Waals surface area contributed by atoms with Crippen LogP contribution in [0, 0.1) is 0 Å². The largest absolute Gasteiger partial charge is 0.481 e. The molecule has 0 aromatic carbocycles. The van der Waals surface area contributed by atoms with E-state index in [1.165, 1.54) is 0 Å². The second-order valence-corrected chi connectivity index (χ2v) is 3.48. The molecule has 1 rings (SSSR count). The maximum absolute atomic E-state index is 10.6. The highest BCUT2D eigenvalue weighted by atomic mass is 16.5. The minimum absolute atomic E-state index is 0.0621. The number of rotatable bonds is 7. The molecule has 0 unspecified atom stereocenters. The second-order valence-electron chi connectivity index (χ2n) is 3.48. The Labute approximate surface area is 94.2 Å². The van der Waals surface area contributed by atoms with Crippen molar-refractivity contribution in [3.05, 3.63) is 11.4 Å². The van der Waals surface area contributed by atoms with Gasteiger partial charge in [0.1, 0.15) is 0 Å². The van der Waals surface area contributed by atoms with Crippen LogP contribution in [0.4, 0.5) is 0 Å². The highest BCUT2D eigenvalue weighted by Gasteiger charge is 2.13. The van der Waals surface area contributed by atoms with Crippen LogP contribution < -0.4 is 0 Å². The molecule has 0 saturated heterocycles. The summed E-state index contributed by atoms with van der Waals surface area (Å²) < 4.78 is 6.71. The first-order valence-electron chi connectivity index (χ1n) is 5.31. The number of aromatic nitrogens is 3. The van der Waals surface area contributed by atoms with Crippen LogP contribution >= 0.6 is 0 Å². The summed E-state index contributed by atoms with van der Waals surface area (Å²) in [5.41, 5.74) is 1.46.